The Labute approximate surface area is 135 Å². The van der Waals surface area contributed by atoms with Gasteiger partial charge in [-0.1, -0.05) is 6.92 Å². The maximum absolute atomic E-state index is 11.8. The first-order valence-corrected chi connectivity index (χ1v) is 7.66. The summed E-state index contributed by atoms with van der Waals surface area (Å²) in [6, 6.07) is 10.2. The van der Waals surface area contributed by atoms with Crippen LogP contribution >= 0.6 is 0 Å². The minimum absolute atomic E-state index is 0.129. The molecule has 1 heterocycles. The Bertz CT molecular complexity index is 654. The molecule has 1 aromatic carbocycles. The standard InChI is InChI=1S/C18H20O5/c1-3-5-16(19)13-6-8-14(9-7-13)22-12-15-10-11-17(23-15)18(20)21-4-2/h6-11H,3-5,12H2,1-2H3. The molecule has 0 bridgehead atoms. The van der Waals surface area contributed by atoms with E-state index in [-0.39, 0.29) is 18.2 Å². The Morgan fingerprint density at radius 2 is 1.78 bits per heavy atom. The third-order valence-electron chi connectivity index (χ3n) is 3.17. The molecule has 0 aliphatic heterocycles. The average Bonchev–Trinajstić information content (AvgIpc) is 3.03. The normalized spacial score (nSPS) is 10.3. The Kier molecular flexibility index (Phi) is 5.97. The van der Waals surface area contributed by atoms with Gasteiger partial charge < -0.3 is 13.9 Å². The van der Waals surface area contributed by atoms with E-state index in [1.807, 2.05) is 6.92 Å². The first kappa shape index (κ1) is 16.8. The van der Waals surface area contributed by atoms with E-state index in [1.165, 1.54) is 0 Å². The van der Waals surface area contributed by atoms with Gasteiger partial charge >= 0.3 is 5.97 Å². The fraction of sp³-hybridized carbons (Fsp3) is 0.333. The summed E-state index contributed by atoms with van der Waals surface area (Å²) >= 11 is 0. The number of benzene rings is 1. The van der Waals surface area contributed by atoms with Gasteiger partial charge in [-0.15, -0.1) is 0 Å². The second kappa shape index (κ2) is 8.17. The highest BCUT2D eigenvalue weighted by molar-refractivity contribution is 5.96. The minimum atomic E-state index is -0.488. The lowest BCUT2D eigenvalue weighted by atomic mass is 10.1. The van der Waals surface area contributed by atoms with Crippen molar-refractivity contribution >= 4 is 11.8 Å². The minimum Gasteiger partial charge on any atom is -0.486 e. The van der Waals surface area contributed by atoms with Gasteiger partial charge in [0, 0.05) is 12.0 Å². The predicted octanol–water partition coefficient (Wildman–Crippen LogP) is 4.02. The van der Waals surface area contributed by atoms with Crippen LogP contribution in [0.2, 0.25) is 0 Å². The number of esters is 1. The van der Waals surface area contributed by atoms with Crippen molar-refractivity contribution < 1.29 is 23.5 Å². The highest BCUT2D eigenvalue weighted by Gasteiger charge is 2.12. The van der Waals surface area contributed by atoms with Crippen molar-refractivity contribution in [3.8, 4) is 5.75 Å². The number of hydrogen-bond acceptors (Lipinski definition) is 5. The number of hydrogen-bond donors (Lipinski definition) is 0. The molecule has 23 heavy (non-hydrogen) atoms. The molecule has 0 unspecified atom stereocenters. The van der Waals surface area contributed by atoms with Crippen molar-refractivity contribution in [1.29, 1.82) is 0 Å². The van der Waals surface area contributed by atoms with E-state index >= 15 is 0 Å². The summed E-state index contributed by atoms with van der Waals surface area (Å²) in [5, 5.41) is 0. The lowest BCUT2D eigenvalue weighted by molar-refractivity contribution is 0.0486. The smallest absolute Gasteiger partial charge is 0.374 e. The summed E-state index contributed by atoms with van der Waals surface area (Å²) in [6.07, 6.45) is 1.38. The zero-order chi connectivity index (χ0) is 16.7. The molecule has 0 saturated carbocycles. The van der Waals surface area contributed by atoms with E-state index in [1.54, 1.807) is 43.3 Å². The van der Waals surface area contributed by atoms with Gasteiger partial charge in [-0.2, -0.15) is 0 Å². The van der Waals surface area contributed by atoms with Gasteiger partial charge in [-0.3, -0.25) is 4.79 Å². The summed E-state index contributed by atoms with van der Waals surface area (Å²) < 4.78 is 15.8. The molecule has 5 heteroatoms. The Morgan fingerprint density at radius 3 is 2.43 bits per heavy atom. The molecule has 0 aliphatic carbocycles. The van der Waals surface area contributed by atoms with Gasteiger partial charge in [0.2, 0.25) is 5.76 Å². The summed E-state index contributed by atoms with van der Waals surface area (Å²) in [7, 11) is 0. The number of ketones is 1. The fourth-order valence-corrected chi connectivity index (χ4v) is 2.03. The molecule has 1 aromatic heterocycles. The number of carbonyl (C=O) groups excluding carboxylic acids is 2. The molecule has 0 saturated heterocycles. The molecule has 2 aromatic rings. The van der Waals surface area contributed by atoms with Crippen LogP contribution in [-0.2, 0) is 11.3 Å². The molecule has 0 atom stereocenters. The lowest BCUT2D eigenvalue weighted by Crippen LogP contribution is -2.02. The quantitative estimate of drug-likeness (QED) is 0.543. The van der Waals surface area contributed by atoms with Crippen molar-refractivity contribution in [2.75, 3.05) is 6.61 Å². The molecule has 0 aliphatic rings. The maximum Gasteiger partial charge on any atom is 0.374 e. The van der Waals surface area contributed by atoms with Crippen LogP contribution < -0.4 is 4.74 Å². The molecule has 0 fully saturated rings. The fourth-order valence-electron chi connectivity index (χ4n) is 2.03. The Hall–Kier alpha value is -2.56. The second-order valence-electron chi connectivity index (χ2n) is 4.97. The largest absolute Gasteiger partial charge is 0.486 e. The molecular weight excluding hydrogens is 296 g/mol. The lowest BCUT2D eigenvalue weighted by Gasteiger charge is -2.05. The van der Waals surface area contributed by atoms with Gasteiger partial charge in [-0.25, -0.2) is 4.79 Å². The zero-order valence-electron chi connectivity index (χ0n) is 13.3. The van der Waals surface area contributed by atoms with E-state index in [0.29, 0.717) is 30.1 Å². The van der Waals surface area contributed by atoms with E-state index in [0.717, 1.165) is 6.42 Å². The van der Waals surface area contributed by atoms with Crippen LogP contribution in [0, 0.1) is 0 Å². The first-order chi connectivity index (χ1) is 11.1. The SMILES string of the molecule is CCCC(=O)c1ccc(OCc2ccc(C(=O)OCC)o2)cc1. The van der Waals surface area contributed by atoms with E-state index in [2.05, 4.69) is 0 Å². The van der Waals surface area contributed by atoms with E-state index in [4.69, 9.17) is 13.9 Å². The number of carbonyl (C=O) groups is 2. The number of furan rings is 1. The van der Waals surface area contributed by atoms with Gasteiger partial charge in [0.15, 0.2) is 5.78 Å². The maximum atomic E-state index is 11.8. The van der Waals surface area contributed by atoms with Gasteiger partial charge in [-0.05, 0) is 49.7 Å². The number of ether oxygens (including phenoxy) is 2. The number of Topliss-reactive ketones (excluding diaryl/α,β-unsaturated/α-hetero) is 1. The summed E-state index contributed by atoms with van der Waals surface area (Å²) in [5.41, 5.74) is 0.682. The molecule has 0 radical (unpaired) electrons. The van der Waals surface area contributed by atoms with Crippen molar-refractivity contribution in [1.82, 2.24) is 0 Å². The molecule has 0 spiro atoms. The van der Waals surface area contributed by atoms with Crippen LogP contribution in [0.1, 0.15) is 53.4 Å². The van der Waals surface area contributed by atoms with Crippen molar-refractivity contribution in [3.63, 3.8) is 0 Å². The second-order valence-corrected chi connectivity index (χ2v) is 4.97. The number of rotatable bonds is 8. The van der Waals surface area contributed by atoms with Crippen LogP contribution in [0.5, 0.6) is 5.75 Å². The summed E-state index contributed by atoms with van der Waals surface area (Å²) in [4.78, 5) is 23.3. The van der Waals surface area contributed by atoms with Crippen molar-refractivity contribution in [3.05, 3.63) is 53.5 Å². The highest BCUT2D eigenvalue weighted by atomic mass is 16.5. The average molecular weight is 316 g/mol. The molecular formula is C18H20O5. The monoisotopic (exact) mass is 316 g/mol. The third-order valence-corrected chi connectivity index (χ3v) is 3.17. The van der Waals surface area contributed by atoms with Gasteiger partial charge in [0.1, 0.15) is 18.1 Å². The van der Waals surface area contributed by atoms with Crippen LogP contribution in [0.3, 0.4) is 0 Å². The van der Waals surface area contributed by atoms with Crippen LogP contribution in [0.4, 0.5) is 0 Å². The third kappa shape index (κ3) is 4.71. The van der Waals surface area contributed by atoms with Crippen LogP contribution in [-0.4, -0.2) is 18.4 Å². The highest BCUT2D eigenvalue weighted by Crippen LogP contribution is 2.17. The van der Waals surface area contributed by atoms with Crippen LogP contribution in [0.25, 0.3) is 0 Å². The van der Waals surface area contributed by atoms with Gasteiger partial charge in [0.05, 0.1) is 6.61 Å². The topological polar surface area (TPSA) is 65.7 Å². The van der Waals surface area contributed by atoms with Gasteiger partial charge in [0.25, 0.3) is 0 Å². The van der Waals surface area contributed by atoms with Crippen LogP contribution in [0.15, 0.2) is 40.8 Å². The molecule has 5 nitrogen and oxygen atoms in total. The molecule has 0 amide bonds. The van der Waals surface area contributed by atoms with E-state index < -0.39 is 5.97 Å². The molecule has 122 valence electrons. The zero-order valence-corrected chi connectivity index (χ0v) is 13.3. The summed E-state index contributed by atoms with van der Waals surface area (Å²) in [5.74, 6) is 0.957. The Morgan fingerprint density at radius 1 is 1.04 bits per heavy atom. The predicted molar refractivity (Wildman–Crippen MR) is 84.7 cm³/mol. The van der Waals surface area contributed by atoms with E-state index in [9.17, 15) is 9.59 Å². The summed E-state index contributed by atoms with van der Waals surface area (Å²) in [6.45, 7) is 4.21. The van der Waals surface area contributed by atoms with Crippen molar-refractivity contribution in [2.45, 2.75) is 33.3 Å². The molecule has 2 rings (SSSR count). The Balaban J connectivity index is 1.91. The first-order valence-electron chi connectivity index (χ1n) is 7.66. The molecule has 0 N–H and O–H groups in total. The van der Waals surface area contributed by atoms with Crippen molar-refractivity contribution in [2.24, 2.45) is 0 Å².